The minimum absolute atomic E-state index is 0.132. The summed E-state index contributed by atoms with van der Waals surface area (Å²) >= 11 is 1.38. The summed E-state index contributed by atoms with van der Waals surface area (Å²) in [6.45, 7) is -1.23. The Morgan fingerprint density at radius 1 is 0.931 bits per heavy atom. The molecule has 8 nitrogen and oxygen atoms in total. The average Bonchev–Trinajstić information content (AvgIpc) is 2.75. The van der Waals surface area contributed by atoms with E-state index in [-0.39, 0.29) is 16.4 Å². The van der Waals surface area contributed by atoms with E-state index in [1.54, 1.807) is 24.3 Å². The number of carbonyl (C=O) groups excluding carboxylic acids is 1. The minimum atomic E-state index is -1.79. The Balaban J connectivity index is 1.84. The molecule has 0 saturated heterocycles. The van der Waals surface area contributed by atoms with Crippen LogP contribution in [0.25, 0.3) is 20.2 Å². The van der Waals surface area contributed by atoms with Gasteiger partial charge in [0.05, 0.1) is 23.7 Å². The molecule has 0 aliphatic heterocycles. The van der Waals surface area contributed by atoms with E-state index in [0.29, 0.717) is 10.1 Å². The summed E-state index contributed by atoms with van der Waals surface area (Å²) in [5, 5.41) is 50.8. The van der Waals surface area contributed by atoms with Crippen LogP contribution in [0, 0.1) is 0 Å². The molecular formula is C20H21NO7S. The van der Waals surface area contributed by atoms with E-state index in [2.05, 4.69) is 5.32 Å². The van der Waals surface area contributed by atoms with Crippen molar-refractivity contribution >= 4 is 37.4 Å². The van der Waals surface area contributed by atoms with Gasteiger partial charge in [-0.15, -0.1) is 11.3 Å². The molecule has 0 unspecified atom stereocenters. The number of nitrogens with one attached hydrogen (secondary N) is 1. The molecule has 3 rings (SSSR count). The molecule has 0 spiro atoms. The smallest absolute Gasteiger partial charge is 0.252 e. The fraction of sp³-hybridized carbons (Fsp3) is 0.300. The lowest BCUT2D eigenvalue weighted by Crippen LogP contribution is -2.49. The molecule has 1 heterocycles. The summed E-state index contributed by atoms with van der Waals surface area (Å²) in [5.41, 5.74) is -0.144. The highest BCUT2D eigenvalue weighted by Gasteiger charge is 2.30. The predicted molar refractivity (Wildman–Crippen MR) is 109 cm³/mol. The van der Waals surface area contributed by atoms with Crippen molar-refractivity contribution in [2.24, 2.45) is 0 Å². The SMILES string of the molecule is O=C(NC[C@H](O)[C@@H](O)[C@H](O)[C@H](O)CO)c1cccc2sc3ccccc3c(=O)c12. The second-order valence-corrected chi connectivity index (χ2v) is 7.70. The van der Waals surface area contributed by atoms with Gasteiger partial charge in [-0.3, -0.25) is 9.59 Å². The average molecular weight is 419 g/mol. The highest BCUT2D eigenvalue weighted by Crippen LogP contribution is 2.26. The molecular weight excluding hydrogens is 398 g/mol. The Bertz CT molecular complexity index is 1080. The molecule has 0 fully saturated rings. The predicted octanol–water partition coefficient (Wildman–Crippen LogP) is -0.420. The first-order valence-corrected chi connectivity index (χ1v) is 9.72. The molecule has 0 saturated carbocycles. The topological polar surface area (TPSA) is 147 Å². The zero-order chi connectivity index (χ0) is 21.1. The van der Waals surface area contributed by atoms with E-state index in [0.717, 1.165) is 4.70 Å². The maximum atomic E-state index is 12.9. The summed E-state index contributed by atoms with van der Waals surface area (Å²) in [4.78, 5) is 25.6. The number of fused-ring (bicyclic) bond motifs is 2. The number of amides is 1. The Kier molecular flexibility index (Phi) is 6.58. The summed E-state index contributed by atoms with van der Waals surface area (Å²) < 4.78 is 1.45. The number of aliphatic hydroxyl groups is 5. The monoisotopic (exact) mass is 419 g/mol. The molecule has 3 aromatic rings. The molecule has 0 aliphatic rings. The molecule has 0 aliphatic carbocycles. The van der Waals surface area contributed by atoms with Crippen LogP contribution in [0.3, 0.4) is 0 Å². The van der Waals surface area contributed by atoms with Crippen LogP contribution >= 0.6 is 11.3 Å². The van der Waals surface area contributed by atoms with Crippen LogP contribution in [0.2, 0.25) is 0 Å². The van der Waals surface area contributed by atoms with Crippen LogP contribution in [0.5, 0.6) is 0 Å². The van der Waals surface area contributed by atoms with Crippen molar-refractivity contribution in [1.29, 1.82) is 0 Å². The maximum absolute atomic E-state index is 12.9. The number of rotatable bonds is 7. The number of carbonyl (C=O) groups is 1. The normalized spacial score (nSPS) is 15.8. The molecule has 2 aromatic carbocycles. The molecule has 9 heteroatoms. The van der Waals surface area contributed by atoms with Gasteiger partial charge in [-0.05, 0) is 24.3 Å². The Morgan fingerprint density at radius 3 is 2.31 bits per heavy atom. The van der Waals surface area contributed by atoms with Crippen molar-refractivity contribution in [3.05, 3.63) is 58.3 Å². The fourth-order valence-electron chi connectivity index (χ4n) is 3.01. The van der Waals surface area contributed by atoms with Gasteiger partial charge < -0.3 is 30.8 Å². The number of aliphatic hydroxyl groups excluding tert-OH is 5. The van der Waals surface area contributed by atoms with Crippen molar-refractivity contribution in [3.8, 4) is 0 Å². The second-order valence-electron chi connectivity index (χ2n) is 6.61. The largest absolute Gasteiger partial charge is 0.394 e. The third-order valence-electron chi connectivity index (χ3n) is 4.65. The van der Waals surface area contributed by atoms with Crippen molar-refractivity contribution in [1.82, 2.24) is 5.32 Å². The highest BCUT2D eigenvalue weighted by molar-refractivity contribution is 7.24. The molecule has 4 atom stereocenters. The van der Waals surface area contributed by atoms with Gasteiger partial charge in [-0.1, -0.05) is 18.2 Å². The van der Waals surface area contributed by atoms with Crippen LogP contribution in [0.15, 0.2) is 47.3 Å². The van der Waals surface area contributed by atoms with Crippen LogP contribution in [0.4, 0.5) is 0 Å². The summed E-state index contributed by atoms with van der Waals surface area (Å²) in [7, 11) is 0. The summed E-state index contributed by atoms with van der Waals surface area (Å²) in [6.07, 6.45) is -6.80. The van der Waals surface area contributed by atoms with Gasteiger partial charge in [-0.25, -0.2) is 0 Å². The van der Waals surface area contributed by atoms with Gasteiger partial charge in [-0.2, -0.15) is 0 Å². The van der Waals surface area contributed by atoms with E-state index in [1.807, 2.05) is 12.1 Å². The van der Waals surface area contributed by atoms with Gasteiger partial charge in [0.15, 0.2) is 5.43 Å². The lowest BCUT2D eigenvalue weighted by molar-refractivity contribution is -0.113. The first-order valence-electron chi connectivity index (χ1n) is 8.91. The fourth-order valence-corrected chi connectivity index (χ4v) is 4.12. The maximum Gasteiger partial charge on any atom is 0.252 e. The van der Waals surface area contributed by atoms with Gasteiger partial charge in [0, 0.05) is 21.3 Å². The quantitative estimate of drug-likeness (QED) is 0.285. The van der Waals surface area contributed by atoms with Crippen LogP contribution in [-0.2, 0) is 0 Å². The van der Waals surface area contributed by atoms with Crippen molar-refractivity contribution in [2.75, 3.05) is 13.2 Å². The zero-order valence-corrected chi connectivity index (χ0v) is 16.0. The third-order valence-corrected chi connectivity index (χ3v) is 5.78. The molecule has 6 N–H and O–H groups in total. The van der Waals surface area contributed by atoms with Crippen LogP contribution in [0.1, 0.15) is 10.4 Å². The van der Waals surface area contributed by atoms with E-state index < -0.39 is 43.5 Å². The molecule has 29 heavy (non-hydrogen) atoms. The molecule has 1 amide bonds. The molecule has 154 valence electrons. The zero-order valence-electron chi connectivity index (χ0n) is 15.2. The first kappa shape index (κ1) is 21.3. The first-order chi connectivity index (χ1) is 13.8. The molecule has 1 aromatic heterocycles. The second kappa shape index (κ2) is 8.95. The standard InChI is InChI=1S/C20H21NO7S/c22-9-13(24)19(27)18(26)12(23)8-21-20(28)11-5-3-7-15-16(11)17(25)10-4-1-2-6-14(10)29-15/h1-7,12-13,18-19,22-24,26-27H,8-9H2,(H,21,28)/t12-,13+,18+,19+/m0/s1. The van der Waals surface area contributed by atoms with Crippen LogP contribution < -0.4 is 10.7 Å². The number of hydrogen-bond acceptors (Lipinski definition) is 8. The Hall–Kier alpha value is -2.40. The van der Waals surface area contributed by atoms with Gasteiger partial charge in [0.2, 0.25) is 0 Å². The summed E-state index contributed by atoms with van der Waals surface area (Å²) in [5.74, 6) is -0.626. The van der Waals surface area contributed by atoms with Gasteiger partial charge in [0.1, 0.15) is 18.3 Å². The highest BCUT2D eigenvalue weighted by atomic mass is 32.1. The third kappa shape index (κ3) is 4.30. The Labute approximate surface area is 169 Å². The van der Waals surface area contributed by atoms with E-state index in [9.17, 15) is 30.0 Å². The Morgan fingerprint density at radius 2 is 1.59 bits per heavy atom. The van der Waals surface area contributed by atoms with E-state index in [1.165, 1.54) is 17.4 Å². The van der Waals surface area contributed by atoms with Crippen LogP contribution in [-0.4, -0.2) is 69.0 Å². The lowest BCUT2D eigenvalue weighted by atomic mass is 10.0. The summed E-state index contributed by atoms with van der Waals surface area (Å²) in [6, 6.07) is 12.0. The van der Waals surface area contributed by atoms with Gasteiger partial charge in [0.25, 0.3) is 5.91 Å². The minimum Gasteiger partial charge on any atom is -0.394 e. The molecule has 0 radical (unpaired) electrons. The number of hydrogen-bond donors (Lipinski definition) is 6. The van der Waals surface area contributed by atoms with Crippen molar-refractivity contribution in [2.45, 2.75) is 24.4 Å². The van der Waals surface area contributed by atoms with Gasteiger partial charge >= 0.3 is 0 Å². The lowest BCUT2D eigenvalue weighted by Gasteiger charge is -2.25. The van der Waals surface area contributed by atoms with E-state index >= 15 is 0 Å². The number of benzene rings is 2. The molecule has 0 bridgehead atoms. The van der Waals surface area contributed by atoms with E-state index in [4.69, 9.17) is 5.11 Å². The van der Waals surface area contributed by atoms with Crippen molar-refractivity contribution in [3.63, 3.8) is 0 Å². The van der Waals surface area contributed by atoms with Crippen molar-refractivity contribution < 1.29 is 30.3 Å².